The zero-order valence-electron chi connectivity index (χ0n) is 16.2. The molecule has 29 heavy (non-hydrogen) atoms. The second-order valence-corrected chi connectivity index (χ2v) is 8.06. The maximum absolute atomic E-state index is 11.1. The maximum Gasteiger partial charge on any atom is 0.145 e. The third-order valence-electron chi connectivity index (χ3n) is 5.07. The van der Waals surface area contributed by atoms with E-state index in [0.29, 0.717) is 22.0 Å². The van der Waals surface area contributed by atoms with Crippen LogP contribution in [-0.4, -0.2) is 15.1 Å². The van der Waals surface area contributed by atoms with Crippen LogP contribution in [0.1, 0.15) is 34.1 Å². The average Bonchev–Trinajstić information content (AvgIpc) is 2.69. The summed E-state index contributed by atoms with van der Waals surface area (Å²) in [5.41, 5.74) is 4.90. The third-order valence-corrected chi connectivity index (χ3v) is 5.65. The number of aryl methyl sites for hydroxylation is 2. The van der Waals surface area contributed by atoms with Crippen LogP contribution >= 0.6 is 23.2 Å². The quantitative estimate of drug-likeness (QED) is 0.401. The van der Waals surface area contributed by atoms with Gasteiger partial charge in [-0.05, 0) is 55.8 Å². The predicted molar refractivity (Wildman–Crippen MR) is 119 cm³/mol. The molecule has 1 atom stereocenters. The molecule has 0 spiro atoms. The van der Waals surface area contributed by atoms with Gasteiger partial charge in [-0.25, -0.2) is 4.98 Å². The smallest absolute Gasteiger partial charge is 0.145 e. The first kappa shape index (κ1) is 19.7. The highest BCUT2D eigenvalue weighted by atomic mass is 35.5. The molecule has 4 aromatic rings. The summed E-state index contributed by atoms with van der Waals surface area (Å²) in [5.74, 6) is -0.0536. The van der Waals surface area contributed by atoms with Crippen LogP contribution in [0.4, 0.5) is 0 Å². The summed E-state index contributed by atoms with van der Waals surface area (Å²) in [6, 6.07) is 19.2. The van der Waals surface area contributed by atoms with E-state index in [9.17, 15) is 5.11 Å². The minimum absolute atomic E-state index is 0.167. The molecule has 0 aliphatic rings. The number of aromatic nitrogens is 2. The van der Waals surface area contributed by atoms with Gasteiger partial charge in [0.2, 0.25) is 0 Å². The fraction of sp³-hybridized carbons (Fsp3) is 0.167. The summed E-state index contributed by atoms with van der Waals surface area (Å²) < 4.78 is 0. The second kappa shape index (κ2) is 8.02. The molecule has 0 bridgehead atoms. The van der Waals surface area contributed by atoms with Gasteiger partial charge in [-0.15, -0.1) is 0 Å². The summed E-state index contributed by atoms with van der Waals surface area (Å²) in [6.07, 6.45) is 0.576. The SMILES string of the molecule is Cc1cccc(CC(c2cc(Cl)ccc2Cl)c2ccc3ccc(C)nc3c2O)n1. The van der Waals surface area contributed by atoms with Crippen LogP contribution in [0.25, 0.3) is 10.9 Å². The number of benzene rings is 2. The molecule has 0 radical (unpaired) electrons. The Kier molecular flexibility index (Phi) is 5.44. The molecule has 1 unspecified atom stereocenters. The predicted octanol–water partition coefficient (Wildman–Crippen LogP) is 6.63. The summed E-state index contributed by atoms with van der Waals surface area (Å²) in [6.45, 7) is 3.87. The van der Waals surface area contributed by atoms with E-state index < -0.39 is 0 Å². The van der Waals surface area contributed by atoms with Crippen LogP contribution in [-0.2, 0) is 6.42 Å². The van der Waals surface area contributed by atoms with Gasteiger partial charge in [-0.2, -0.15) is 0 Å². The van der Waals surface area contributed by atoms with Crippen LogP contribution in [0.2, 0.25) is 10.0 Å². The van der Waals surface area contributed by atoms with E-state index in [0.717, 1.165) is 33.6 Å². The van der Waals surface area contributed by atoms with Crippen molar-refractivity contribution in [2.45, 2.75) is 26.2 Å². The first-order valence-corrected chi connectivity index (χ1v) is 10.1. The van der Waals surface area contributed by atoms with Crippen molar-refractivity contribution in [2.24, 2.45) is 0 Å². The van der Waals surface area contributed by atoms with Gasteiger partial charge in [0, 0.05) is 50.4 Å². The number of hydrogen-bond donors (Lipinski definition) is 1. The first-order valence-electron chi connectivity index (χ1n) is 9.39. The van der Waals surface area contributed by atoms with Gasteiger partial charge < -0.3 is 5.11 Å². The number of phenolic OH excluding ortho intramolecular Hbond substituents is 1. The standard InChI is InChI=1S/C24H20Cl2N2O/c1-14-4-3-5-18(27-14)13-20(21-12-17(25)9-11-22(21)26)19-10-8-16-7-6-15(2)28-23(16)24(19)29/h3-12,20,29H,13H2,1-2H3. The van der Waals surface area contributed by atoms with Gasteiger partial charge in [0.05, 0.1) is 0 Å². The number of halogens is 2. The molecule has 1 N–H and O–H groups in total. The molecule has 2 aromatic carbocycles. The Hall–Kier alpha value is -2.62. The average molecular weight is 423 g/mol. The highest BCUT2D eigenvalue weighted by Gasteiger charge is 2.23. The van der Waals surface area contributed by atoms with Gasteiger partial charge in [-0.3, -0.25) is 4.98 Å². The molecule has 0 fully saturated rings. The number of aromatic hydroxyl groups is 1. The lowest BCUT2D eigenvalue weighted by molar-refractivity contribution is 0.469. The molecule has 5 heteroatoms. The Morgan fingerprint density at radius 2 is 1.62 bits per heavy atom. The summed E-state index contributed by atoms with van der Waals surface area (Å²) >= 11 is 12.8. The van der Waals surface area contributed by atoms with Crippen LogP contribution < -0.4 is 0 Å². The molecule has 3 nitrogen and oxygen atoms in total. The van der Waals surface area contributed by atoms with E-state index in [1.54, 1.807) is 12.1 Å². The zero-order valence-corrected chi connectivity index (χ0v) is 17.7. The minimum atomic E-state index is -0.220. The fourth-order valence-electron chi connectivity index (χ4n) is 3.66. The molecule has 0 aliphatic carbocycles. The van der Waals surface area contributed by atoms with Crippen molar-refractivity contribution in [3.63, 3.8) is 0 Å². The van der Waals surface area contributed by atoms with Crippen LogP contribution in [0.3, 0.4) is 0 Å². The molecule has 0 amide bonds. The topological polar surface area (TPSA) is 46.0 Å². The van der Waals surface area contributed by atoms with Crippen molar-refractivity contribution in [3.8, 4) is 5.75 Å². The van der Waals surface area contributed by atoms with Crippen molar-refractivity contribution >= 4 is 34.1 Å². The van der Waals surface area contributed by atoms with Gasteiger partial charge in [0.15, 0.2) is 0 Å². The molecular weight excluding hydrogens is 403 g/mol. The van der Waals surface area contributed by atoms with Crippen LogP contribution in [0.15, 0.2) is 60.7 Å². The Morgan fingerprint density at radius 3 is 2.41 bits per heavy atom. The zero-order chi connectivity index (χ0) is 20.5. The number of pyridine rings is 2. The highest BCUT2D eigenvalue weighted by Crippen LogP contribution is 2.40. The second-order valence-electron chi connectivity index (χ2n) is 7.22. The molecule has 0 saturated heterocycles. The van der Waals surface area contributed by atoms with Crippen LogP contribution in [0, 0.1) is 13.8 Å². The summed E-state index contributed by atoms with van der Waals surface area (Å²) in [4.78, 5) is 9.20. The lowest BCUT2D eigenvalue weighted by atomic mass is 9.86. The molecule has 0 aliphatic heterocycles. The highest BCUT2D eigenvalue weighted by molar-refractivity contribution is 6.33. The summed E-state index contributed by atoms with van der Waals surface area (Å²) in [5, 5.41) is 13.2. The third kappa shape index (κ3) is 4.07. The lowest BCUT2D eigenvalue weighted by Gasteiger charge is -2.21. The molecule has 146 valence electrons. The Bertz CT molecular complexity index is 1210. The largest absolute Gasteiger partial charge is 0.505 e. The Balaban J connectivity index is 1.91. The van der Waals surface area contributed by atoms with E-state index in [1.165, 1.54) is 0 Å². The van der Waals surface area contributed by atoms with Crippen molar-refractivity contribution < 1.29 is 5.11 Å². The molecule has 2 aromatic heterocycles. The lowest BCUT2D eigenvalue weighted by Crippen LogP contribution is -2.08. The fourth-order valence-corrected chi connectivity index (χ4v) is 4.09. The molecule has 4 rings (SSSR count). The van der Waals surface area contributed by atoms with Gasteiger partial charge in [0.25, 0.3) is 0 Å². The number of hydrogen-bond acceptors (Lipinski definition) is 3. The summed E-state index contributed by atoms with van der Waals surface area (Å²) in [7, 11) is 0. The number of fused-ring (bicyclic) bond motifs is 1. The van der Waals surface area contributed by atoms with E-state index in [2.05, 4.69) is 9.97 Å². The van der Waals surface area contributed by atoms with E-state index in [4.69, 9.17) is 23.2 Å². The Labute approximate surface area is 180 Å². The van der Waals surface area contributed by atoms with E-state index in [-0.39, 0.29) is 11.7 Å². The first-order chi connectivity index (χ1) is 13.9. The van der Waals surface area contributed by atoms with Gasteiger partial charge in [0.1, 0.15) is 11.3 Å². The normalized spacial score (nSPS) is 12.3. The van der Waals surface area contributed by atoms with E-state index >= 15 is 0 Å². The van der Waals surface area contributed by atoms with Crippen molar-refractivity contribution in [2.75, 3.05) is 0 Å². The Morgan fingerprint density at radius 1 is 0.862 bits per heavy atom. The van der Waals surface area contributed by atoms with Crippen molar-refractivity contribution in [1.29, 1.82) is 0 Å². The maximum atomic E-state index is 11.1. The van der Waals surface area contributed by atoms with Gasteiger partial charge in [-0.1, -0.05) is 47.5 Å². The number of phenols is 1. The van der Waals surface area contributed by atoms with Crippen molar-refractivity contribution in [1.82, 2.24) is 9.97 Å². The van der Waals surface area contributed by atoms with Gasteiger partial charge >= 0.3 is 0 Å². The molecular formula is C24H20Cl2N2O. The van der Waals surface area contributed by atoms with E-state index in [1.807, 2.05) is 62.4 Å². The monoisotopic (exact) mass is 422 g/mol. The van der Waals surface area contributed by atoms with Crippen LogP contribution in [0.5, 0.6) is 5.75 Å². The van der Waals surface area contributed by atoms with Crippen molar-refractivity contribution in [3.05, 3.63) is 98.9 Å². The number of nitrogens with zero attached hydrogens (tertiary/aromatic N) is 2. The number of rotatable bonds is 4. The minimum Gasteiger partial charge on any atom is -0.505 e. The molecule has 0 saturated carbocycles. The molecule has 2 heterocycles.